The van der Waals surface area contributed by atoms with Gasteiger partial charge in [-0.25, -0.2) is 0 Å². The molecule has 2 aliphatic heterocycles. The molecular weight excluding hydrogens is 260 g/mol. The van der Waals surface area contributed by atoms with Crippen LogP contribution in [0, 0.1) is 6.57 Å². The second-order valence-corrected chi connectivity index (χ2v) is 4.68. The van der Waals surface area contributed by atoms with Crippen LogP contribution < -0.4 is 5.32 Å². The molecule has 3 rings (SSSR count). The van der Waals surface area contributed by atoms with Gasteiger partial charge in [0.2, 0.25) is 11.8 Å². The van der Waals surface area contributed by atoms with Crippen molar-refractivity contribution in [1.82, 2.24) is 15.2 Å². The van der Waals surface area contributed by atoms with Crippen LogP contribution in [0.25, 0.3) is 4.85 Å². The Morgan fingerprint density at radius 1 is 1.35 bits per heavy atom. The van der Waals surface area contributed by atoms with Crippen LogP contribution in [0.4, 0.5) is 5.82 Å². The SMILES string of the molecule is [C-]#[N+]c1ccc2c(n1)CN(C1CCC(=O)NC1=O)C2=O. The number of rotatable bonds is 1. The zero-order valence-corrected chi connectivity index (χ0v) is 10.4. The third-order valence-corrected chi connectivity index (χ3v) is 3.47. The van der Waals surface area contributed by atoms with Crippen LogP contribution in [-0.2, 0) is 16.1 Å². The van der Waals surface area contributed by atoms with Crippen molar-refractivity contribution in [2.45, 2.75) is 25.4 Å². The summed E-state index contributed by atoms with van der Waals surface area (Å²) in [6.07, 6.45) is 0.539. The third-order valence-electron chi connectivity index (χ3n) is 3.47. The number of aromatic nitrogens is 1. The summed E-state index contributed by atoms with van der Waals surface area (Å²) < 4.78 is 0. The Morgan fingerprint density at radius 2 is 2.15 bits per heavy atom. The van der Waals surface area contributed by atoms with E-state index in [2.05, 4.69) is 15.1 Å². The molecular formula is C13H10N4O3. The molecule has 3 amide bonds. The standard InChI is InChI=1S/C13H10N4O3/c1-14-10-4-2-7-8(15-10)6-17(13(7)20)9-3-5-11(18)16-12(9)19/h2,4,9H,3,5-6H2,(H,16,18,19). The highest BCUT2D eigenvalue weighted by Gasteiger charge is 2.40. The summed E-state index contributed by atoms with van der Waals surface area (Å²) in [6.45, 7) is 7.12. The van der Waals surface area contributed by atoms with Gasteiger partial charge in [-0.15, -0.1) is 4.98 Å². The van der Waals surface area contributed by atoms with Gasteiger partial charge in [-0.3, -0.25) is 19.7 Å². The van der Waals surface area contributed by atoms with Crippen molar-refractivity contribution in [1.29, 1.82) is 0 Å². The molecule has 0 spiro atoms. The number of nitrogens with zero attached hydrogens (tertiary/aromatic N) is 3. The predicted molar refractivity (Wildman–Crippen MR) is 66.5 cm³/mol. The minimum Gasteiger partial charge on any atom is -0.361 e. The van der Waals surface area contributed by atoms with Crippen molar-refractivity contribution in [3.63, 3.8) is 0 Å². The first kappa shape index (κ1) is 12.3. The average Bonchev–Trinajstić information content (AvgIpc) is 2.75. The number of hydrogen-bond acceptors (Lipinski definition) is 4. The van der Waals surface area contributed by atoms with E-state index in [1.807, 2.05) is 0 Å². The van der Waals surface area contributed by atoms with Gasteiger partial charge in [0.1, 0.15) is 6.04 Å². The van der Waals surface area contributed by atoms with Gasteiger partial charge in [-0.2, -0.15) is 0 Å². The number of carbonyl (C=O) groups excluding carboxylic acids is 3. The van der Waals surface area contributed by atoms with E-state index in [-0.39, 0.29) is 30.6 Å². The van der Waals surface area contributed by atoms with Crippen LogP contribution in [0.2, 0.25) is 0 Å². The normalized spacial score (nSPS) is 21.4. The average molecular weight is 270 g/mol. The smallest absolute Gasteiger partial charge is 0.269 e. The summed E-state index contributed by atoms with van der Waals surface area (Å²) in [5.74, 6) is -0.822. The Labute approximate surface area is 114 Å². The number of amides is 3. The summed E-state index contributed by atoms with van der Waals surface area (Å²) >= 11 is 0. The van der Waals surface area contributed by atoms with Crippen molar-refractivity contribution >= 4 is 23.5 Å². The molecule has 2 aliphatic rings. The fourth-order valence-electron chi connectivity index (χ4n) is 2.49. The first-order chi connectivity index (χ1) is 9.60. The second-order valence-electron chi connectivity index (χ2n) is 4.68. The molecule has 1 unspecified atom stereocenters. The summed E-state index contributed by atoms with van der Waals surface area (Å²) in [4.78, 5) is 43.9. The van der Waals surface area contributed by atoms with Gasteiger partial charge in [-0.05, 0) is 12.5 Å². The van der Waals surface area contributed by atoms with E-state index in [0.717, 1.165) is 0 Å². The van der Waals surface area contributed by atoms with E-state index in [4.69, 9.17) is 6.57 Å². The van der Waals surface area contributed by atoms with E-state index in [0.29, 0.717) is 17.7 Å². The largest absolute Gasteiger partial charge is 0.361 e. The topological polar surface area (TPSA) is 83.7 Å². The molecule has 1 atom stereocenters. The minimum atomic E-state index is -0.647. The molecule has 7 nitrogen and oxygen atoms in total. The van der Waals surface area contributed by atoms with E-state index in [9.17, 15) is 14.4 Å². The Bertz CT molecular complexity index is 677. The Balaban J connectivity index is 1.88. The number of pyridine rings is 1. The zero-order chi connectivity index (χ0) is 14.3. The zero-order valence-electron chi connectivity index (χ0n) is 10.4. The predicted octanol–water partition coefficient (Wildman–Crippen LogP) is 0.393. The molecule has 0 saturated carbocycles. The molecule has 0 radical (unpaired) electrons. The molecule has 7 heteroatoms. The molecule has 0 bridgehead atoms. The lowest BCUT2D eigenvalue weighted by molar-refractivity contribution is -0.136. The molecule has 1 fully saturated rings. The Kier molecular flexibility index (Phi) is 2.71. The highest BCUT2D eigenvalue weighted by Crippen LogP contribution is 2.27. The van der Waals surface area contributed by atoms with Crippen LogP contribution in [0.1, 0.15) is 28.9 Å². The first-order valence-electron chi connectivity index (χ1n) is 6.12. The lowest BCUT2D eigenvalue weighted by Crippen LogP contribution is -2.52. The summed E-state index contributed by atoms with van der Waals surface area (Å²) in [5.41, 5.74) is 0.926. The maximum Gasteiger partial charge on any atom is 0.269 e. The fourth-order valence-corrected chi connectivity index (χ4v) is 2.49. The maximum absolute atomic E-state index is 12.3. The van der Waals surface area contributed by atoms with Crippen molar-refractivity contribution in [2.24, 2.45) is 0 Å². The van der Waals surface area contributed by atoms with Crippen molar-refractivity contribution in [2.75, 3.05) is 0 Å². The van der Waals surface area contributed by atoms with E-state index in [1.165, 1.54) is 11.0 Å². The molecule has 0 aliphatic carbocycles. The van der Waals surface area contributed by atoms with Crippen LogP contribution in [0.3, 0.4) is 0 Å². The van der Waals surface area contributed by atoms with Crippen LogP contribution in [0.15, 0.2) is 12.1 Å². The van der Waals surface area contributed by atoms with Gasteiger partial charge >= 0.3 is 0 Å². The first-order valence-corrected chi connectivity index (χ1v) is 6.12. The van der Waals surface area contributed by atoms with Crippen molar-refractivity contribution < 1.29 is 14.4 Å². The lowest BCUT2D eigenvalue weighted by Gasteiger charge is -2.28. The number of carbonyl (C=O) groups is 3. The minimum absolute atomic E-state index is 0.198. The van der Waals surface area contributed by atoms with Crippen LogP contribution >= 0.6 is 0 Å². The van der Waals surface area contributed by atoms with Gasteiger partial charge in [0.25, 0.3) is 11.7 Å². The van der Waals surface area contributed by atoms with E-state index >= 15 is 0 Å². The van der Waals surface area contributed by atoms with Gasteiger partial charge < -0.3 is 9.74 Å². The maximum atomic E-state index is 12.3. The highest BCUT2D eigenvalue weighted by molar-refractivity contribution is 6.05. The molecule has 0 aromatic carbocycles. The Morgan fingerprint density at radius 3 is 2.85 bits per heavy atom. The molecule has 3 heterocycles. The lowest BCUT2D eigenvalue weighted by atomic mass is 10.0. The Hall–Kier alpha value is -2.75. The molecule has 1 aromatic heterocycles. The van der Waals surface area contributed by atoms with E-state index in [1.54, 1.807) is 6.07 Å². The third kappa shape index (κ3) is 1.82. The van der Waals surface area contributed by atoms with Gasteiger partial charge in [0, 0.05) is 6.42 Å². The number of piperidine rings is 1. The number of hydrogen-bond donors (Lipinski definition) is 1. The van der Waals surface area contributed by atoms with Gasteiger partial charge in [0.15, 0.2) is 5.69 Å². The van der Waals surface area contributed by atoms with E-state index < -0.39 is 11.9 Å². The second kappa shape index (κ2) is 4.42. The fraction of sp³-hybridized carbons (Fsp3) is 0.308. The summed E-state index contributed by atoms with van der Waals surface area (Å²) in [6, 6.07) is 2.40. The number of imide groups is 1. The molecule has 20 heavy (non-hydrogen) atoms. The molecule has 1 aromatic rings. The summed E-state index contributed by atoms with van der Waals surface area (Å²) in [7, 11) is 0. The number of nitrogens with one attached hydrogen (secondary N) is 1. The van der Waals surface area contributed by atoms with Gasteiger partial charge in [-0.1, -0.05) is 12.6 Å². The van der Waals surface area contributed by atoms with Crippen molar-refractivity contribution in [3.8, 4) is 0 Å². The van der Waals surface area contributed by atoms with Crippen molar-refractivity contribution in [3.05, 3.63) is 34.8 Å². The number of fused-ring (bicyclic) bond motifs is 1. The molecule has 100 valence electrons. The van der Waals surface area contributed by atoms with Crippen LogP contribution in [0.5, 0.6) is 0 Å². The quantitative estimate of drug-likeness (QED) is 0.591. The van der Waals surface area contributed by atoms with Crippen LogP contribution in [-0.4, -0.2) is 33.6 Å². The van der Waals surface area contributed by atoms with Gasteiger partial charge in [0.05, 0.1) is 12.1 Å². The highest BCUT2D eigenvalue weighted by atomic mass is 16.2. The molecule has 1 saturated heterocycles. The summed E-state index contributed by atoms with van der Waals surface area (Å²) in [5, 5.41) is 2.24. The monoisotopic (exact) mass is 270 g/mol. The molecule has 1 N–H and O–H groups in total.